The van der Waals surface area contributed by atoms with E-state index in [0.717, 1.165) is 0 Å². The molecule has 0 saturated heterocycles. The molecule has 0 aliphatic carbocycles. The summed E-state index contributed by atoms with van der Waals surface area (Å²) in [4.78, 5) is 0. The lowest BCUT2D eigenvalue weighted by Crippen LogP contribution is -1.92. The highest BCUT2D eigenvalue weighted by Crippen LogP contribution is 2.28. The van der Waals surface area contributed by atoms with Crippen molar-refractivity contribution in [1.29, 1.82) is 5.26 Å². The summed E-state index contributed by atoms with van der Waals surface area (Å²) in [6.07, 6.45) is 0. The number of halogens is 3. The monoisotopic (exact) mass is 324 g/mol. The third kappa shape index (κ3) is 2.81. The van der Waals surface area contributed by atoms with Gasteiger partial charge in [0.1, 0.15) is 5.82 Å². The number of hydrogen-bond donors (Lipinski definition) is 1. The Morgan fingerprint density at radius 2 is 2.00 bits per heavy atom. The van der Waals surface area contributed by atoms with Crippen LogP contribution in [0.4, 0.5) is 15.8 Å². The molecule has 0 aliphatic heterocycles. The number of anilines is 2. The van der Waals surface area contributed by atoms with Crippen LogP contribution in [0, 0.1) is 17.1 Å². The van der Waals surface area contributed by atoms with Crippen molar-refractivity contribution in [2.45, 2.75) is 0 Å². The molecule has 2 nitrogen and oxygen atoms in total. The van der Waals surface area contributed by atoms with Gasteiger partial charge >= 0.3 is 0 Å². The van der Waals surface area contributed by atoms with Crippen LogP contribution in [-0.4, -0.2) is 0 Å². The lowest BCUT2D eigenvalue weighted by Gasteiger charge is -2.09. The molecule has 0 fully saturated rings. The maximum atomic E-state index is 13.1. The van der Waals surface area contributed by atoms with E-state index in [4.69, 9.17) is 16.9 Å². The predicted molar refractivity (Wildman–Crippen MR) is 73.5 cm³/mol. The summed E-state index contributed by atoms with van der Waals surface area (Å²) in [5, 5.41) is 12.2. The highest BCUT2D eigenvalue weighted by molar-refractivity contribution is 9.10. The van der Waals surface area contributed by atoms with Crippen molar-refractivity contribution in [1.82, 2.24) is 0 Å². The van der Waals surface area contributed by atoms with E-state index in [-0.39, 0.29) is 5.82 Å². The minimum Gasteiger partial charge on any atom is -0.354 e. The first-order chi connectivity index (χ1) is 8.60. The fourth-order valence-corrected chi connectivity index (χ4v) is 2.02. The maximum absolute atomic E-state index is 13.1. The molecular weight excluding hydrogens is 319 g/mol. The molecule has 0 unspecified atom stereocenters. The summed E-state index contributed by atoms with van der Waals surface area (Å²) in [7, 11) is 0. The zero-order valence-corrected chi connectivity index (χ0v) is 11.4. The highest BCUT2D eigenvalue weighted by atomic mass is 79.9. The van der Waals surface area contributed by atoms with Crippen molar-refractivity contribution in [3.05, 3.63) is 57.3 Å². The third-order valence-corrected chi connectivity index (χ3v) is 3.22. The molecule has 0 saturated carbocycles. The molecule has 0 aliphatic rings. The molecule has 2 aromatic rings. The smallest absolute Gasteiger partial charge is 0.137 e. The van der Waals surface area contributed by atoms with Gasteiger partial charge in [-0.2, -0.15) is 5.26 Å². The largest absolute Gasteiger partial charge is 0.354 e. The molecule has 0 spiro atoms. The van der Waals surface area contributed by atoms with Crippen molar-refractivity contribution in [2.75, 3.05) is 5.32 Å². The highest BCUT2D eigenvalue weighted by Gasteiger charge is 2.04. The second-order valence-electron chi connectivity index (χ2n) is 3.56. The Hall–Kier alpha value is -1.57. The van der Waals surface area contributed by atoms with E-state index >= 15 is 0 Å². The van der Waals surface area contributed by atoms with Crippen LogP contribution in [0.2, 0.25) is 5.02 Å². The lowest BCUT2D eigenvalue weighted by atomic mass is 10.2. The minimum absolute atomic E-state index is 0.327. The summed E-state index contributed by atoms with van der Waals surface area (Å²) in [6.45, 7) is 0. The SMILES string of the molecule is N#Cc1ccc(Nc2ccc(F)c(Br)c2)c(Cl)c1. The summed E-state index contributed by atoms with van der Waals surface area (Å²) >= 11 is 9.14. The predicted octanol–water partition coefficient (Wildman–Crippen LogP) is 4.86. The molecule has 0 bridgehead atoms. The zero-order chi connectivity index (χ0) is 13.1. The summed E-state index contributed by atoms with van der Waals surface area (Å²) in [5.74, 6) is -0.327. The van der Waals surface area contributed by atoms with E-state index in [1.54, 1.807) is 30.3 Å². The van der Waals surface area contributed by atoms with Gasteiger partial charge in [0.25, 0.3) is 0 Å². The minimum atomic E-state index is -0.327. The summed E-state index contributed by atoms with van der Waals surface area (Å²) < 4.78 is 13.5. The van der Waals surface area contributed by atoms with Gasteiger partial charge in [-0.3, -0.25) is 0 Å². The van der Waals surface area contributed by atoms with Gasteiger partial charge in [-0.15, -0.1) is 0 Å². The van der Waals surface area contributed by atoms with Crippen LogP contribution in [0.5, 0.6) is 0 Å². The Kier molecular flexibility index (Phi) is 3.85. The molecular formula is C13H7BrClFN2. The number of nitrogens with one attached hydrogen (secondary N) is 1. The Balaban J connectivity index is 2.29. The molecule has 18 heavy (non-hydrogen) atoms. The Morgan fingerprint density at radius 1 is 1.22 bits per heavy atom. The van der Waals surface area contributed by atoms with Gasteiger partial charge in [0.05, 0.1) is 26.8 Å². The molecule has 0 atom stereocenters. The average Bonchev–Trinajstić information content (AvgIpc) is 2.36. The van der Waals surface area contributed by atoms with E-state index < -0.39 is 0 Å². The first-order valence-corrected chi connectivity index (χ1v) is 6.19. The second kappa shape index (κ2) is 5.38. The Bertz CT molecular complexity index is 637. The van der Waals surface area contributed by atoms with Crippen LogP contribution in [-0.2, 0) is 0 Å². The summed E-state index contributed by atoms with van der Waals surface area (Å²) in [6, 6.07) is 11.5. The zero-order valence-electron chi connectivity index (χ0n) is 9.05. The molecule has 0 radical (unpaired) electrons. The van der Waals surface area contributed by atoms with E-state index in [0.29, 0.717) is 26.4 Å². The van der Waals surface area contributed by atoms with Gasteiger partial charge in [-0.25, -0.2) is 4.39 Å². The number of benzene rings is 2. The average molecular weight is 326 g/mol. The summed E-state index contributed by atoms with van der Waals surface area (Å²) in [5.41, 5.74) is 1.86. The van der Waals surface area contributed by atoms with Crippen molar-refractivity contribution in [3.8, 4) is 6.07 Å². The van der Waals surface area contributed by atoms with Crippen molar-refractivity contribution >= 4 is 38.9 Å². The van der Waals surface area contributed by atoms with E-state index in [1.165, 1.54) is 6.07 Å². The van der Waals surface area contributed by atoms with Crippen LogP contribution in [0.1, 0.15) is 5.56 Å². The molecule has 2 aromatic carbocycles. The fourth-order valence-electron chi connectivity index (χ4n) is 1.42. The van der Waals surface area contributed by atoms with Gasteiger partial charge < -0.3 is 5.32 Å². The number of nitriles is 1. The Labute approximate surface area is 117 Å². The van der Waals surface area contributed by atoms with Crippen LogP contribution in [0.25, 0.3) is 0 Å². The van der Waals surface area contributed by atoms with Crippen LogP contribution < -0.4 is 5.32 Å². The number of rotatable bonds is 2. The quantitative estimate of drug-likeness (QED) is 0.856. The van der Waals surface area contributed by atoms with E-state index in [9.17, 15) is 4.39 Å². The van der Waals surface area contributed by atoms with Gasteiger partial charge in [0.2, 0.25) is 0 Å². The van der Waals surface area contributed by atoms with Gasteiger partial charge in [-0.1, -0.05) is 11.6 Å². The van der Waals surface area contributed by atoms with Crippen molar-refractivity contribution < 1.29 is 4.39 Å². The van der Waals surface area contributed by atoms with Crippen molar-refractivity contribution in [3.63, 3.8) is 0 Å². The standard InChI is InChI=1S/C13H7BrClFN2/c14-10-6-9(2-3-12(10)16)18-13-4-1-8(7-17)5-11(13)15/h1-6,18H. The molecule has 0 amide bonds. The lowest BCUT2D eigenvalue weighted by molar-refractivity contribution is 0.621. The van der Waals surface area contributed by atoms with Crippen LogP contribution in [0.3, 0.4) is 0 Å². The Morgan fingerprint density at radius 3 is 2.61 bits per heavy atom. The van der Waals surface area contributed by atoms with Gasteiger partial charge in [0.15, 0.2) is 0 Å². The fraction of sp³-hybridized carbons (Fsp3) is 0. The second-order valence-corrected chi connectivity index (χ2v) is 4.82. The molecule has 5 heteroatoms. The molecule has 0 heterocycles. The normalized spacial score (nSPS) is 9.89. The van der Waals surface area contributed by atoms with Gasteiger partial charge in [-0.05, 0) is 52.3 Å². The molecule has 1 N–H and O–H groups in total. The first-order valence-electron chi connectivity index (χ1n) is 5.02. The first kappa shape index (κ1) is 12.9. The van der Waals surface area contributed by atoms with E-state index in [2.05, 4.69) is 21.2 Å². The van der Waals surface area contributed by atoms with E-state index in [1.807, 2.05) is 6.07 Å². The number of hydrogen-bond acceptors (Lipinski definition) is 2. The molecule has 0 aromatic heterocycles. The molecule has 90 valence electrons. The van der Waals surface area contributed by atoms with Crippen molar-refractivity contribution in [2.24, 2.45) is 0 Å². The molecule has 2 rings (SSSR count). The van der Waals surface area contributed by atoms with Crippen LogP contribution in [0.15, 0.2) is 40.9 Å². The van der Waals surface area contributed by atoms with Gasteiger partial charge in [0, 0.05) is 5.69 Å². The number of nitrogens with zero attached hydrogens (tertiary/aromatic N) is 1. The third-order valence-electron chi connectivity index (χ3n) is 2.30. The topological polar surface area (TPSA) is 35.8 Å². The van der Waals surface area contributed by atoms with Crippen LogP contribution >= 0.6 is 27.5 Å². The maximum Gasteiger partial charge on any atom is 0.137 e.